The van der Waals surface area contributed by atoms with Crippen LogP contribution in [-0.2, 0) is 0 Å². The van der Waals surface area contributed by atoms with Crippen LogP contribution in [0.3, 0.4) is 0 Å². The summed E-state index contributed by atoms with van der Waals surface area (Å²) in [6.45, 7) is 1.77. The lowest BCUT2D eigenvalue weighted by molar-refractivity contribution is 0.0996. The molecule has 0 saturated carbocycles. The van der Waals surface area contributed by atoms with E-state index in [-0.39, 0.29) is 22.8 Å². The molecule has 0 fully saturated rings. The highest BCUT2D eigenvalue weighted by Crippen LogP contribution is 2.39. The van der Waals surface area contributed by atoms with Gasteiger partial charge in [-0.15, -0.1) is 0 Å². The molecule has 5 nitrogen and oxygen atoms in total. The number of anilines is 2. The molecule has 1 amide bonds. The molecule has 0 bridgehead atoms. The smallest absolute Gasteiger partial charge is 0.265 e. The maximum absolute atomic E-state index is 13.5. The molecule has 0 N–H and O–H groups in total. The summed E-state index contributed by atoms with van der Waals surface area (Å²) in [6.07, 6.45) is 1.46. The summed E-state index contributed by atoms with van der Waals surface area (Å²) in [5.41, 5.74) is 2.47. The number of aryl methyl sites for hydroxylation is 1. The van der Waals surface area contributed by atoms with E-state index < -0.39 is 0 Å². The summed E-state index contributed by atoms with van der Waals surface area (Å²) < 4.78 is 6.15. The second kappa shape index (κ2) is 6.97. The summed E-state index contributed by atoms with van der Waals surface area (Å²) in [5.74, 6) is -0.181. The van der Waals surface area contributed by atoms with Crippen LogP contribution in [0, 0.1) is 6.92 Å². The first-order valence-corrected chi connectivity index (χ1v) is 9.72. The Morgan fingerprint density at radius 3 is 2.53 bits per heavy atom. The number of hydrogen-bond acceptors (Lipinski definition) is 4. The summed E-state index contributed by atoms with van der Waals surface area (Å²) in [7, 11) is 0. The molecule has 4 aromatic rings. The number of carbonyl (C=O) groups excluding carboxylic acids is 1. The summed E-state index contributed by atoms with van der Waals surface area (Å²) in [4.78, 5) is 32.8. The molecule has 0 unspecified atom stereocenters. The van der Waals surface area contributed by atoms with E-state index in [9.17, 15) is 9.59 Å². The van der Waals surface area contributed by atoms with Crippen LogP contribution in [0.25, 0.3) is 11.0 Å². The zero-order valence-corrected chi connectivity index (χ0v) is 16.7. The van der Waals surface area contributed by atoms with E-state index in [1.807, 2.05) is 18.2 Å². The Labute approximate surface area is 176 Å². The molecule has 0 radical (unpaired) electrons. The van der Waals surface area contributed by atoms with Crippen molar-refractivity contribution in [2.45, 2.75) is 6.92 Å². The van der Waals surface area contributed by atoms with Gasteiger partial charge in [0, 0.05) is 16.8 Å². The number of amides is 1. The van der Waals surface area contributed by atoms with E-state index in [2.05, 4.69) is 4.99 Å². The quantitative estimate of drug-likeness (QED) is 0.395. The van der Waals surface area contributed by atoms with E-state index in [4.69, 9.17) is 16.0 Å². The highest BCUT2D eigenvalue weighted by molar-refractivity contribution is 6.32. The van der Waals surface area contributed by atoms with Gasteiger partial charge in [-0.3, -0.25) is 14.6 Å². The normalized spacial score (nSPS) is 12.4. The van der Waals surface area contributed by atoms with Gasteiger partial charge in [0.15, 0.2) is 0 Å². The predicted octanol–water partition coefficient (Wildman–Crippen LogP) is 5.80. The van der Waals surface area contributed by atoms with Crippen LogP contribution in [0.4, 0.5) is 17.3 Å². The average Bonchev–Trinajstić information content (AvgIpc) is 2.93. The lowest BCUT2D eigenvalue weighted by Gasteiger charge is -2.23. The maximum Gasteiger partial charge on any atom is 0.265 e. The van der Waals surface area contributed by atoms with Crippen LogP contribution < -0.4 is 10.3 Å². The summed E-state index contributed by atoms with van der Waals surface area (Å²) in [5, 5.41) is 0.853. The number of rotatable bonds is 1. The molecule has 0 spiro atoms. The van der Waals surface area contributed by atoms with Gasteiger partial charge in [0.25, 0.3) is 5.91 Å². The Morgan fingerprint density at radius 2 is 1.73 bits per heavy atom. The third kappa shape index (κ3) is 2.75. The molecule has 1 aliphatic rings. The molecule has 30 heavy (non-hydrogen) atoms. The van der Waals surface area contributed by atoms with Crippen molar-refractivity contribution in [2.24, 2.45) is 4.99 Å². The molecule has 2 heterocycles. The molecule has 3 aromatic carbocycles. The fraction of sp³-hybridized carbons (Fsp3) is 0.0417. The fourth-order valence-electron chi connectivity index (χ4n) is 3.62. The van der Waals surface area contributed by atoms with Crippen molar-refractivity contribution in [1.82, 2.24) is 0 Å². The van der Waals surface area contributed by atoms with Crippen molar-refractivity contribution in [3.05, 3.63) is 98.7 Å². The first kappa shape index (κ1) is 18.3. The van der Waals surface area contributed by atoms with Gasteiger partial charge >= 0.3 is 0 Å². The molecular weight excluding hydrogens is 400 g/mol. The standard InChI is InChI=1S/C24H15ClN2O3/c1-14-17(25)11-12-20-21(14)22(28)16-13-26-18-9-5-6-10-19(18)27(24(16)30-20)23(29)15-7-3-2-4-8-15/h2-13H,1H3. The van der Waals surface area contributed by atoms with Crippen LogP contribution >= 0.6 is 11.6 Å². The third-order valence-electron chi connectivity index (χ3n) is 5.15. The van der Waals surface area contributed by atoms with Gasteiger partial charge in [0.2, 0.25) is 11.3 Å². The first-order chi connectivity index (χ1) is 14.6. The number of fused-ring (bicyclic) bond motifs is 3. The minimum atomic E-state index is -0.317. The molecule has 5 rings (SSSR count). The highest BCUT2D eigenvalue weighted by atomic mass is 35.5. The van der Waals surface area contributed by atoms with Gasteiger partial charge < -0.3 is 4.42 Å². The molecule has 1 aliphatic heterocycles. The third-order valence-corrected chi connectivity index (χ3v) is 5.56. The number of para-hydroxylation sites is 2. The van der Waals surface area contributed by atoms with E-state index in [0.717, 1.165) is 0 Å². The Morgan fingerprint density at radius 1 is 1.00 bits per heavy atom. The van der Waals surface area contributed by atoms with Gasteiger partial charge in [-0.2, -0.15) is 0 Å². The van der Waals surface area contributed by atoms with Crippen LogP contribution in [0.2, 0.25) is 5.02 Å². The Balaban J connectivity index is 1.86. The maximum atomic E-state index is 13.5. The second-order valence-electron chi connectivity index (χ2n) is 6.95. The molecule has 0 aliphatic carbocycles. The van der Waals surface area contributed by atoms with Gasteiger partial charge in [0.1, 0.15) is 11.1 Å². The lowest BCUT2D eigenvalue weighted by atomic mass is 10.1. The number of carbonyl (C=O) groups is 1. The lowest BCUT2D eigenvalue weighted by Crippen LogP contribution is -2.28. The highest BCUT2D eigenvalue weighted by Gasteiger charge is 2.30. The Bertz CT molecular complexity index is 1410. The van der Waals surface area contributed by atoms with Crippen molar-refractivity contribution in [1.29, 1.82) is 0 Å². The molecule has 6 heteroatoms. The summed E-state index contributed by atoms with van der Waals surface area (Å²) >= 11 is 6.23. The van der Waals surface area contributed by atoms with E-state index >= 15 is 0 Å². The second-order valence-corrected chi connectivity index (χ2v) is 7.36. The van der Waals surface area contributed by atoms with Crippen molar-refractivity contribution >= 4 is 52.0 Å². The van der Waals surface area contributed by atoms with Crippen LogP contribution in [0.15, 0.2) is 80.9 Å². The Kier molecular flexibility index (Phi) is 4.26. The predicted molar refractivity (Wildman–Crippen MR) is 119 cm³/mol. The van der Waals surface area contributed by atoms with Crippen molar-refractivity contribution in [3.63, 3.8) is 0 Å². The minimum absolute atomic E-state index is 0.136. The number of halogens is 1. The van der Waals surface area contributed by atoms with Crippen molar-refractivity contribution < 1.29 is 9.21 Å². The number of aliphatic imine (C=N–C) groups is 1. The SMILES string of the molecule is Cc1c(Cl)ccc2oc3c(c(=O)c12)C=Nc1ccccc1N3C(=O)c1ccccc1. The topological polar surface area (TPSA) is 62.9 Å². The van der Waals surface area contributed by atoms with Crippen LogP contribution in [-0.4, -0.2) is 12.1 Å². The minimum Gasteiger partial charge on any atom is -0.439 e. The zero-order chi connectivity index (χ0) is 20.8. The Hall–Kier alpha value is -3.70. The van der Waals surface area contributed by atoms with Crippen molar-refractivity contribution in [3.8, 4) is 0 Å². The van der Waals surface area contributed by atoms with Crippen LogP contribution in [0.1, 0.15) is 21.5 Å². The van der Waals surface area contributed by atoms with Crippen molar-refractivity contribution in [2.75, 3.05) is 4.90 Å². The van der Waals surface area contributed by atoms with Gasteiger partial charge in [-0.1, -0.05) is 41.9 Å². The fourth-order valence-corrected chi connectivity index (χ4v) is 3.77. The van der Waals surface area contributed by atoms with Gasteiger partial charge in [0.05, 0.1) is 16.8 Å². The number of nitrogens with zero attached hydrogens (tertiary/aromatic N) is 2. The first-order valence-electron chi connectivity index (χ1n) is 9.35. The van der Waals surface area contributed by atoms with E-state index in [0.29, 0.717) is 38.5 Å². The molecule has 0 atom stereocenters. The monoisotopic (exact) mass is 414 g/mol. The van der Waals surface area contributed by atoms with Crippen LogP contribution in [0.5, 0.6) is 0 Å². The number of benzene rings is 3. The largest absolute Gasteiger partial charge is 0.439 e. The molecule has 0 saturated heterocycles. The summed E-state index contributed by atoms with van der Waals surface area (Å²) in [6, 6.07) is 19.4. The van der Waals surface area contributed by atoms with Gasteiger partial charge in [-0.25, -0.2) is 4.90 Å². The average molecular weight is 415 g/mol. The molecule has 1 aromatic heterocycles. The molecular formula is C24H15ClN2O3. The molecule has 146 valence electrons. The zero-order valence-electron chi connectivity index (χ0n) is 15.9. The van der Waals surface area contributed by atoms with Gasteiger partial charge in [-0.05, 0) is 48.9 Å². The van der Waals surface area contributed by atoms with E-state index in [1.54, 1.807) is 55.5 Å². The van der Waals surface area contributed by atoms with E-state index in [1.165, 1.54) is 11.1 Å². The number of hydrogen-bond donors (Lipinski definition) is 0.